The Morgan fingerprint density at radius 2 is 1.70 bits per heavy atom. The standard InChI is InChI=1S/C17H19NO2/c1-3-18(16-7-5-4-6-8-16)13-14-9-11-15(12-10-14)17(19)20-2/h4-12H,3,13H2,1-2H3. The van der Waals surface area contributed by atoms with Crippen molar-refractivity contribution in [3.8, 4) is 0 Å². The van der Waals surface area contributed by atoms with E-state index in [2.05, 4.69) is 24.0 Å². The van der Waals surface area contributed by atoms with Crippen LogP contribution in [0, 0.1) is 0 Å². The second-order valence-corrected chi connectivity index (χ2v) is 4.54. The number of para-hydroxylation sites is 1. The van der Waals surface area contributed by atoms with Gasteiger partial charge in [0.25, 0.3) is 0 Å². The van der Waals surface area contributed by atoms with Crippen LogP contribution in [-0.2, 0) is 11.3 Å². The number of anilines is 1. The van der Waals surface area contributed by atoms with Crippen molar-refractivity contribution in [3.05, 3.63) is 65.7 Å². The van der Waals surface area contributed by atoms with Crippen LogP contribution in [-0.4, -0.2) is 19.6 Å². The van der Waals surface area contributed by atoms with E-state index in [1.54, 1.807) is 12.1 Å². The molecule has 0 fully saturated rings. The van der Waals surface area contributed by atoms with Gasteiger partial charge >= 0.3 is 5.97 Å². The molecule has 0 heterocycles. The Bertz CT molecular complexity index is 549. The highest BCUT2D eigenvalue weighted by molar-refractivity contribution is 5.89. The molecule has 0 radical (unpaired) electrons. The molecule has 0 atom stereocenters. The Morgan fingerprint density at radius 1 is 1.05 bits per heavy atom. The minimum Gasteiger partial charge on any atom is -0.465 e. The molecule has 0 aliphatic heterocycles. The molecule has 104 valence electrons. The van der Waals surface area contributed by atoms with E-state index in [9.17, 15) is 4.79 Å². The molecule has 0 unspecified atom stereocenters. The number of hydrogen-bond donors (Lipinski definition) is 0. The molecule has 0 N–H and O–H groups in total. The van der Waals surface area contributed by atoms with Crippen molar-refractivity contribution in [2.45, 2.75) is 13.5 Å². The summed E-state index contributed by atoms with van der Waals surface area (Å²) in [5, 5.41) is 0. The third-order valence-electron chi connectivity index (χ3n) is 3.25. The maximum Gasteiger partial charge on any atom is 0.337 e. The Morgan fingerprint density at radius 3 is 2.25 bits per heavy atom. The number of hydrogen-bond acceptors (Lipinski definition) is 3. The molecule has 2 aromatic rings. The molecular formula is C17H19NO2. The van der Waals surface area contributed by atoms with Crippen LogP contribution in [0.15, 0.2) is 54.6 Å². The lowest BCUT2D eigenvalue weighted by Gasteiger charge is -2.23. The molecule has 2 rings (SSSR count). The lowest BCUT2D eigenvalue weighted by Crippen LogP contribution is -2.21. The first-order valence-corrected chi connectivity index (χ1v) is 6.72. The molecule has 0 bridgehead atoms. The van der Waals surface area contributed by atoms with Crippen molar-refractivity contribution in [2.75, 3.05) is 18.6 Å². The lowest BCUT2D eigenvalue weighted by molar-refractivity contribution is 0.0600. The Kier molecular flexibility index (Phi) is 4.77. The van der Waals surface area contributed by atoms with Gasteiger partial charge in [-0.05, 0) is 36.8 Å². The summed E-state index contributed by atoms with van der Waals surface area (Å²) in [5.74, 6) is -0.299. The van der Waals surface area contributed by atoms with Crippen molar-refractivity contribution in [1.29, 1.82) is 0 Å². The fraction of sp³-hybridized carbons (Fsp3) is 0.235. The molecule has 20 heavy (non-hydrogen) atoms. The first-order chi connectivity index (χ1) is 9.74. The number of benzene rings is 2. The Balaban J connectivity index is 2.10. The molecule has 3 nitrogen and oxygen atoms in total. The number of rotatable bonds is 5. The van der Waals surface area contributed by atoms with Crippen molar-refractivity contribution in [3.63, 3.8) is 0 Å². The Labute approximate surface area is 119 Å². The summed E-state index contributed by atoms with van der Waals surface area (Å²) in [5.41, 5.74) is 2.95. The van der Waals surface area contributed by atoms with E-state index in [1.807, 2.05) is 30.3 Å². The van der Waals surface area contributed by atoms with Crippen molar-refractivity contribution >= 4 is 11.7 Å². The fourth-order valence-corrected chi connectivity index (χ4v) is 2.11. The van der Waals surface area contributed by atoms with Gasteiger partial charge in [-0.3, -0.25) is 0 Å². The Hall–Kier alpha value is -2.29. The average Bonchev–Trinajstić information content (AvgIpc) is 2.53. The van der Waals surface area contributed by atoms with Crippen LogP contribution in [0.1, 0.15) is 22.8 Å². The third-order valence-corrected chi connectivity index (χ3v) is 3.25. The second-order valence-electron chi connectivity index (χ2n) is 4.54. The van der Waals surface area contributed by atoms with Crippen molar-refractivity contribution < 1.29 is 9.53 Å². The largest absolute Gasteiger partial charge is 0.465 e. The molecule has 0 saturated heterocycles. The number of carbonyl (C=O) groups is 1. The summed E-state index contributed by atoms with van der Waals surface area (Å²) in [7, 11) is 1.39. The van der Waals surface area contributed by atoms with Crippen LogP contribution in [0.2, 0.25) is 0 Å². The van der Waals surface area contributed by atoms with Crippen molar-refractivity contribution in [1.82, 2.24) is 0 Å². The molecule has 0 spiro atoms. The van der Waals surface area contributed by atoms with Gasteiger partial charge in [0.15, 0.2) is 0 Å². The van der Waals surface area contributed by atoms with Gasteiger partial charge in [0.05, 0.1) is 12.7 Å². The van der Waals surface area contributed by atoms with Crippen LogP contribution < -0.4 is 4.90 Å². The van der Waals surface area contributed by atoms with Gasteiger partial charge < -0.3 is 9.64 Å². The average molecular weight is 269 g/mol. The normalized spacial score (nSPS) is 10.1. The zero-order valence-electron chi connectivity index (χ0n) is 11.9. The highest BCUT2D eigenvalue weighted by atomic mass is 16.5. The predicted octanol–water partition coefficient (Wildman–Crippen LogP) is 3.50. The van der Waals surface area contributed by atoms with Gasteiger partial charge in [-0.1, -0.05) is 30.3 Å². The van der Waals surface area contributed by atoms with Crippen LogP contribution in [0.5, 0.6) is 0 Å². The third kappa shape index (κ3) is 3.38. The van der Waals surface area contributed by atoms with E-state index in [4.69, 9.17) is 4.74 Å². The smallest absolute Gasteiger partial charge is 0.337 e. The van der Waals surface area contributed by atoms with Crippen LogP contribution in [0.25, 0.3) is 0 Å². The van der Waals surface area contributed by atoms with Gasteiger partial charge in [-0.25, -0.2) is 4.79 Å². The van der Waals surface area contributed by atoms with Crippen LogP contribution in [0.4, 0.5) is 5.69 Å². The molecule has 0 saturated carbocycles. The van der Waals surface area contributed by atoms with Crippen molar-refractivity contribution in [2.24, 2.45) is 0 Å². The van der Waals surface area contributed by atoms with E-state index in [0.29, 0.717) is 5.56 Å². The number of carbonyl (C=O) groups excluding carboxylic acids is 1. The SMILES string of the molecule is CCN(Cc1ccc(C(=O)OC)cc1)c1ccccc1. The highest BCUT2D eigenvalue weighted by Gasteiger charge is 2.07. The zero-order valence-corrected chi connectivity index (χ0v) is 11.9. The minimum atomic E-state index is -0.299. The number of methoxy groups -OCH3 is 1. The minimum absolute atomic E-state index is 0.299. The van der Waals surface area contributed by atoms with E-state index >= 15 is 0 Å². The number of nitrogens with zero attached hydrogens (tertiary/aromatic N) is 1. The maximum absolute atomic E-state index is 11.4. The van der Waals surface area contributed by atoms with E-state index in [1.165, 1.54) is 18.4 Å². The highest BCUT2D eigenvalue weighted by Crippen LogP contribution is 2.16. The quantitative estimate of drug-likeness (QED) is 0.778. The van der Waals surface area contributed by atoms with Gasteiger partial charge in [0.1, 0.15) is 0 Å². The van der Waals surface area contributed by atoms with Gasteiger partial charge in [-0.2, -0.15) is 0 Å². The fourth-order valence-electron chi connectivity index (χ4n) is 2.11. The summed E-state index contributed by atoms with van der Waals surface area (Å²) in [6.45, 7) is 3.89. The molecule has 3 heteroatoms. The molecule has 2 aromatic carbocycles. The number of esters is 1. The van der Waals surface area contributed by atoms with E-state index in [0.717, 1.165) is 13.1 Å². The summed E-state index contributed by atoms with van der Waals surface area (Å²) in [6.07, 6.45) is 0. The topological polar surface area (TPSA) is 29.5 Å². The predicted molar refractivity (Wildman–Crippen MR) is 80.9 cm³/mol. The molecule has 0 aliphatic rings. The summed E-state index contributed by atoms with van der Waals surface area (Å²) < 4.78 is 4.70. The van der Waals surface area contributed by atoms with Crippen LogP contribution in [0.3, 0.4) is 0 Å². The summed E-state index contributed by atoms with van der Waals surface area (Å²) in [6, 6.07) is 17.9. The maximum atomic E-state index is 11.4. The van der Waals surface area contributed by atoms with Crippen LogP contribution >= 0.6 is 0 Å². The first kappa shape index (κ1) is 14.1. The second kappa shape index (κ2) is 6.75. The van der Waals surface area contributed by atoms with Gasteiger partial charge in [0.2, 0.25) is 0 Å². The zero-order chi connectivity index (χ0) is 14.4. The first-order valence-electron chi connectivity index (χ1n) is 6.72. The molecular weight excluding hydrogens is 250 g/mol. The summed E-state index contributed by atoms with van der Waals surface area (Å²) in [4.78, 5) is 13.7. The van der Waals surface area contributed by atoms with E-state index < -0.39 is 0 Å². The monoisotopic (exact) mass is 269 g/mol. The van der Waals surface area contributed by atoms with Gasteiger partial charge in [0, 0.05) is 18.8 Å². The number of ether oxygens (including phenoxy) is 1. The van der Waals surface area contributed by atoms with E-state index in [-0.39, 0.29) is 5.97 Å². The molecule has 0 amide bonds. The lowest BCUT2D eigenvalue weighted by atomic mass is 10.1. The molecule has 0 aliphatic carbocycles. The summed E-state index contributed by atoms with van der Waals surface area (Å²) >= 11 is 0. The molecule has 0 aromatic heterocycles. The van der Waals surface area contributed by atoms with Gasteiger partial charge in [-0.15, -0.1) is 0 Å².